The zero-order valence-electron chi connectivity index (χ0n) is 8.44. The van der Waals surface area contributed by atoms with Gasteiger partial charge in [-0.1, -0.05) is 6.58 Å². The van der Waals surface area contributed by atoms with Crippen molar-refractivity contribution in [3.8, 4) is 5.69 Å². The van der Waals surface area contributed by atoms with Crippen molar-refractivity contribution < 1.29 is 4.39 Å². The van der Waals surface area contributed by atoms with Crippen LogP contribution in [0, 0.1) is 12.7 Å². The summed E-state index contributed by atoms with van der Waals surface area (Å²) in [7, 11) is 0. The molecule has 0 amide bonds. The molecule has 15 heavy (non-hydrogen) atoms. The van der Waals surface area contributed by atoms with E-state index in [0.29, 0.717) is 0 Å². The van der Waals surface area contributed by atoms with Crippen molar-refractivity contribution in [1.82, 2.24) is 9.78 Å². The van der Waals surface area contributed by atoms with E-state index in [9.17, 15) is 4.39 Å². The van der Waals surface area contributed by atoms with Crippen LogP contribution in [0.2, 0.25) is 0 Å². The van der Waals surface area contributed by atoms with Crippen molar-refractivity contribution in [1.29, 1.82) is 0 Å². The lowest BCUT2D eigenvalue weighted by molar-refractivity contribution is 0.627. The number of aromatic nitrogens is 2. The predicted octanol–water partition coefficient (Wildman–Crippen LogP) is 2.96. The molecule has 3 heteroatoms. The molecule has 0 aliphatic rings. The third kappa shape index (κ3) is 1.81. The molecule has 1 aromatic heterocycles. The normalized spacial score (nSPS) is 10.3. The van der Waals surface area contributed by atoms with Gasteiger partial charge >= 0.3 is 0 Å². The molecule has 0 bridgehead atoms. The minimum Gasteiger partial charge on any atom is -0.233 e. The third-order valence-electron chi connectivity index (χ3n) is 2.14. The Balaban J connectivity index is 2.52. The van der Waals surface area contributed by atoms with Crippen LogP contribution < -0.4 is 0 Å². The Morgan fingerprint density at radius 1 is 1.33 bits per heavy atom. The molecule has 76 valence electrons. The summed E-state index contributed by atoms with van der Waals surface area (Å²) in [5, 5.41) is 4.30. The highest BCUT2D eigenvalue weighted by Crippen LogP contribution is 2.13. The molecule has 2 rings (SSSR count). The molecular weight excluding hydrogens is 191 g/mol. The van der Waals surface area contributed by atoms with E-state index in [4.69, 9.17) is 0 Å². The second kappa shape index (κ2) is 3.69. The maximum Gasteiger partial charge on any atom is 0.123 e. The fourth-order valence-electron chi connectivity index (χ4n) is 1.45. The van der Waals surface area contributed by atoms with Crippen LogP contribution in [0.4, 0.5) is 4.39 Å². The van der Waals surface area contributed by atoms with Crippen LogP contribution in [0.3, 0.4) is 0 Å². The molecule has 0 saturated carbocycles. The first kappa shape index (κ1) is 9.65. The van der Waals surface area contributed by atoms with E-state index in [1.54, 1.807) is 22.9 Å². The van der Waals surface area contributed by atoms with Crippen LogP contribution in [-0.4, -0.2) is 9.78 Å². The number of aryl methyl sites for hydroxylation is 1. The highest BCUT2D eigenvalue weighted by molar-refractivity contribution is 5.47. The number of hydrogen-bond donors (Lipinski definition) is 0. The van der Waals surface area contributed by atoms with E-state index in [1.165, 1.54) is 12.1 Å². The average Bonchev–Trinajstić information content (AvgIpc) is 2.61. The lowest BCUT2D eigenvalue weighted by Gasteiger charge is -2.03. The molecule has 1 aromatic carbocycles. The Hall–Kier alpha value is -1.90. The molecule has 2 aromatic rings. The molecule has 0 unspecified atom stereocenters. The van der Waals surface area contributed by atoms with Crippen LogP contribution in [0.1, 0.15) is 11.4 Å². The highest BCUT2D eigenvalue weighted by atomic mass is 19.1. The van der Waals surface area contributed by atoms with Crippen LogP contribution in [0.5, 0.6) is 0 Å². The van der Waals surface area contributed by atoms with Gasteiger partial charge in [-0.15, -0.1) is 0 Å². The minimum absolute atomic E-state index is 0.247. The number of halogens is 1. The maximum absolute atomic E-state index is 12.7. The van der Waals surface area contributed by atoms with Crippen molar-refractivity contribution in [2.45, 2.75) is 6.92 Å². The molecule has 0 fully saturated rings. The summed E-state index contributed by atoms with van der Waals surface area (Å²) in [5.41, 5.74) is 2.65. The van der Waals surface area contributed by atoms with E-state index < -0.39 is 0 Å². The van der Waals surface area contributed by atoms with Crippen molar-refractivity contribution in [3.05, 3.63) is 54.1 Å². The second-order valence-electron chi connectivity index (χ2n) is 3.30. The van der Waals surface area contributed by atoms with Crippen LogP contribution in [0.25, 0.3) is 11.8 Å². The fourth-order valence-corrected chi connectivity index (χ4v) is 1.45. The highest BCUT2D eigenvalue weighted by Gasteiger charge is 2.04. The number of hydrogen-bond acceptors (Lipinski definition) is 1. The molecule has 0 aliphatic carbocycles. The van der Waals surface area contributed by atoms with Gasteiger partial charge in [-0.2, -0.15) is 5.10 Å². The van der Waals surface area contributed by atoms with Crippen LogP contribution in [-0.2, 0) is 0 Å². The van der Waals surface area contributed by atoms with Gasteiger partial charge < -0.3 is 0 Å². The monoisotopic (exact) mass is 202 g/mol. The summed E-state index contributed by atoms with van der Waals surface area (Å²) in [6.45, 7) is 5.62. The van der Waals surface area contributed by atoms with E-state index >= 15 is 0 Å². The standard InChI is InChI=1S/C12H11FN2/c1-3-11-8-9(2)14-15(11)12-6-4-10(13)5-7-12/h3-8H,1H2,2H3. The summed E-state index contributed by atoms with van der Waals surface area (Å²) in [5.74, 6) is -0.247. The molecule has 0 aliphatic heterocycles. The summed E-state index contributed by atoms with van der Waals surface area (Å²) < 4.78 is 14.5. The Morgan fingerprint density at radius 2 is 2.00 bits per heavy atom. The van der Waals surface area contributed by atoms with E-state index in [2.05, 4.69) is 11.7 Å². The fraction of sp³-hybridized carbons (Fsp3) is 0.0833. The zero-order chi connectivity index (χ0) is 10.8. The van der Waals surface area contributed by atoms with Gasteiger partial charge in [-0.3, -0.25) is 0 Å². The molecule has 0 saturated heterocycles. The van der Waals surface area contributed by atoms with Crippen LogP contribution >= 0.6 is 0 Å². The lowest BCUT2D eigenvalue weighted by atomic mass is 10.3. The molecular formula is C12H11FN2. The molecule has 0 atom stereocenters. The Labute approximate surface area is 87.7 Å². The van der Waals surface area contributed by atoms with Crippen molar-refractivity contribution in [3.63, 3.8) is 0 Å². The van der Waals surface area contributed by atoms with Gasteiger partial charge in [0, 0.05) is 0 Å². The van der Waals surface area contributed by atoms with E-state index in [1.807, 2.05) is 13.0 Å². The second-order valence-corrected chi connectivity index (χ2v) is 3.30. The van der Waals surface area contributed by atoms with Gasteiger partial charge in [0.2, 0.25) is 0 Å². The Bertz CT molecular complexity index is 483. The number of nitrogens with zero attached hydrogens (tertiary/aromatic N) is 2. The SMILES string of the molecule is C=Cc1cc(C)nn1-c1ccc(F)cc1. The lowest BCUT2D eigenvalue weighted by Crippen LogP contribution is -1.98. The summed E-state index contributed by atoms with van der Waals surface area (Å²) in [6.07, 6.45) is 1.73. The largest absolute Gasteiger partial charge is 0.233 e. The van der Waals surface area contributed by atoms with Crippen molar-refractivity contribution in [2.75, 3.05) is 0 Å². The van der Waals surface area contributed by atoms with Gasteiger partial charge in [0.25, 0.3) is 0 Å². The average molecular weight is 202 g/mol. The predicted molar refractivity (Wildman–Crippen MR) is 58.4 cm³/mol. The molecule has 0 radical (unpaired) electrons. The topological polar surface area (TPSA) is 17.8 Å². The first-order chi connectivity index (χ1) is 7.20. The van der Waals surface area contributed by atoms with Gasteiger partial charge in [-0.25, -0.2) is 9.07 Å². The summed E-state index contributed by atoms with van der Waals surface area (Å²) >= 11 is 0. The van der Waals surface area contributed by atoms with Gasteiger partial charge in [-0.05, 0) is 43.3 Å². The smallest absolute Gasteiger partial charge is 0.123 e. The first-order valence-corrected chi connectivity index (χ1v) is 4.66. The first-order valence-electron chi connectivity index (χ1n) is 4.66. The molecule has 1 heterocycles. The molecule has 0 N–H and O–H groups in total. The minimum atomic E-state index is -0.247. The summed E-state index contributed by atoms with van der Waals surface area (Å²) in [4.78, 5) is 0. The molecule has 0 spiro atoms. The Kier molecular flexibility index (Phi) is 2.37. The molecule has 2 nitrogen and oxygen atoms in total. The maximum atomic E-state index is 12.7. The summed E-state index contributed by atoms with van der Waals surface area (Å²) in [6, 6.07) is 8.14. The van der Waals surface area contributed by atoms with Gasteiger partial charge in [0.1, 0.15) is 5.82 Å². The van der Waals surface area contributed by atoms with Gasteiger partial charge in [0.05, 0.1) is 17.1 Å². The number of rotatable bonds is 2. The zero-order valence-corrected chi connectivity index (χ0v) is 8.44. The quantitative estimate of drug-likeness (QED) is 0.732. The van der Waals surface area contributed by atoms with E-state index in [0.717, 1.165) is 17.1 Å². The van der Waals surface area contributed by atoms with E-state index in [-0.39, 0.29) is 5.82 Å². The van der Waals surface area contributed by atoms with Crippen LogP contribution in [0.15, 0.2) is 36.9 Å². The third-order valence-corrected chi connectivity index (χ3v) is 2.14. The van der Waals surface area contributed by atoms with Crippen molar-refractivity contribution in [2.24, 2.45) is 0 Å². The number of benzene rings is 1. The van der Waals surface area contributed by atoms with Crippen molar-refractivity contribution >= 4 is 6.08 Å². The Morgan fingerprint density at radius 3 is 2.60 bits per heavy atom. The van der Waals surface area contributed by atoms with Gasteiger partial charge in [0.15, 0.2) is 0 Å².